The number of pyridine rings is 1. The number of hydrogen-bond acceptors (Lipinski definition) is 3. The fraction of sp³-hybridized carbons (Fsp3) is 0.0714. The van der Waals surface area contributed by atoms with Crippen molar-refractivity contribution in [2.24, 2.45) is 0 Å². The topological polar surface area (TPSA) is 54.0 Å². The first-order valence-corrected chi connectivity index (χ1v) is 7.83. The SMILES string of the molecule is Cc1cc(I)cnc1NC(=S)NC(=O)c1ccccc1Cl. The van der Waals surface area contributed by atoms with E-state index in [1.807, 2.05) is 13.0 Å². The van der Waals surface area contributed by atoms with E-state index in [0.717, 1.165) is 9.13 Å². The number of aryl methyl sites for hydroxylation is 1. The van der Waals surface area contributed by atoms with Crippen molar-refractivity contribution in [2.45, 2.75) is 6.92 Å². The van der Waals surface area contributed by atoms with Crippen molar-refractivity contribution < 1.29 is 4.79 Å². The molecule has 1 aromatic heterocycles. The van der Waals surface area contributed by atoms with E-state index in [1.165, 1.54) is 0 Å². The van der Waals surface area contributed by atoms with Crippen molar-refractivity contribution in [3.05, 3.63) is 56.2 Å². The van der Waals surface area contributed by atoms with E-state index in [1.54, 1.807) is 30.5 Å². The highest BCUT2D eigenvalue weighted by Gasteiger charge is 2.12. The van der Waals surface area contributed by atoms with E-state index < -0.39 is 0 Å². The number of benzene rings is 1. The minimum atomic E-state index is -0.360. The Balaban J connectivity index is 2.05. The highest BCUT2D eigenvalue weighted by molar-refractivity contribution is 14.1. The Kier molecular flexibility index (Phi) is 5.49. The summed E-state index contributed by atoms with van der Waals surface area (Å²) in [5.41, 5.74) is 1.31. The first-order chi connectivity index (χ1) is 9.97. The van der Waals surface area contributed by atoms with E-state index in [-0.39, 0.29) is 11.0 Å². The van der Waals surface area contributed by atoms with Crippen LogP contribution in [0.15, 0.2) is 36.5 Å². The van der Waals surface area contributed by atoms with Gasteiger partial charge in [0.15, 0.2) is 5.11 Å². The van der Waals surface area contributed by atoms with Gasteiger partial charge in [-0.05, 0) is 65.5 Å². The van der Waals surface area contributed by atoms with Crippen LogP contribution in [0.25, 0.3) is 0 Å². The lowest BCUT2D eigenvalue weighted by Crippen LogP contribution is -2.34. The van der Waals surface area contributed by atoms with Crippen LogP contribution in [0.1, 0.15) is 15.9 Å². The van der Waals surface area contributed by atoms with Gasteiger partial charge in [-0.1, -0.05) is 23.7 Å². The molecule has 0 radical (unpaired) electrons. The van der Waals surface area contributed by atoms with E-state index in [9.17, 15) is 4.79 Å². The summed E-state index contributed by atoms with van der Waals surface area (Å²) >= 11 is 13.3. The highest BCUT2D eigenvalue weighted by atomic mass is 127. The maximum absolute atomic E-state index is 12.1. The molecule has 0 bridgehead atoms. The fourth-order valence-electron chi connectivity index (χ4n) is 1.63. The minimum absolute atomic E-state index is 0.178. The lowest BCUT2D eigenvalue weighted by atomic mass is 10.2. The molecule has 2 rings (SSSR count). The third-order valence-electron chi connectivity index (χ3n) is 2.62. The van der Waals surface area contributed by atoms with Gasteiger partial charge in [0, 0.05) is 9.77 Å². The molecule has 0 unspecified atom stereocenters. The second kappa shape index (κ2) is 7.15. The fourth-order valence-corrected chi connectivity index (χ4v) is 2.64. The molecule has 21 heavy (non-hydrogen) atoms. The Morgan fingerprint density at radius 3 is 2.76 bits per heavy atom. The molecule has 0 saturated heterocycles. The number of amides is 1. The summed E-state index contributed by atoms with van der Waals surface area (Å²) in [6, 6.07) is 8.75. The normalized spacial score (nSPS) is 10.0. The number of thiocarbonyl (C=S) groups is 1. The smallest absolute Gasteiger partial charge is 0.258 e. The van der Waals surface area contributed by atoms with E-state index in [0.29, 0.717) is 16.4 Å². The zero-order valence-electron chi connectivity index (χ0n) is 11.0. The van der Waals surface area contributed by atoms with Gasteiger partial charge < -0.3 is 5.32 Å². The first kappa shape index (κ1) is 16.1. The van der Waals surface area contributed by atoms with Crippen LogP contribution in [0.3, 0.4) is 0 Å². The zero-order valence-corrected chi connectivity index (χ0v) is 14.7. The lowest BCUT2D eigenvalue weighted by Gasteiger charge is -2.11. The Bertz CT molecular complexity index is 708. The molecule has 2 N–H and O–H groups in total. The number of rotatable bonds is 2. The van der Waals surface area contributed by atoms with Gasteiger partial charge in [0.2, 0.25) is 0 Å². The Hall–Kier alpha value is -1.25. The summed E-state index contributed by atoms with van der Waals surface area (Å²) in [5.74, 6) is 0.251. The van der Waals surface area contributed by atoms with Crippen molar-refractivity contribution >= 4 is 63.2 Å². The van der Waals surface area contributed by atoms with E-state index >= 15 is 0 Å². The third-order valence-corrected chi connectivity index (χ3v) is 3.75. The molecule has 0 aliphatic carbocycles. The third kappa shape index (κ3) is 4.36. The second-order valence-electron chi connectivity index (χ2n) is 4.21. The van der Waals surface area contributed by atoms with Gasteiger partial charge in [-0.25, -0.2) is 4.98 Å². The van der Waals surface area contributed by atoms with Gasteiger partial charge in [-0.2, -0.15) is 0 Å². The van der Waals surface area contributed by atoms with Crippen LogP contribution in [0.5, 0.6) is 0 Å². The van der Waals surface area contributed by atoms with Crippen LogP contribution >= 0.6 is 46.4 Å². The molecule has 0 spiro atoms. The minimum Gasteiger partial charge on any atom is -0.317 e. The molecule has 7 heteroatoms. The van der Waals surface area contributed by atoms with Crippen molar-refractivity contribution in [3.8, 4) is 0 Å². The van der Waals surface area contributed by atoms with E-state index in [4.69, 9.17) is 23.8 Å². The van der Waals surface area contributed by atoms with Gasteiger partial charge in [0.05, 0.1) is 10.6 Å². The molecule has 108 valence electrons. The average Bonchev–Trinajstić information content (AvgIpc) is 2.42. The summed E-state index contributed by atoms with van der Waals surface area (Å²) in [7, 11) is 0. The van der Waals surface area contributed by atoms with Crippen LogP contribution in [0, 0.1) is 10.5 Å². The van der Waals surface area contributed by atoms with Gasteiger partial charge in [0.25, 0.3) is 5.91 Å². The highest BCUT2D eigenvalue weighted by Crippen LogP contribution is 2.16. The summed E-state index contributed by atoms with van der Waals surface area (Å²) in [4.78, 5) is 16.3. The molecule has 2 aromatic rings. The van der Waals surface area contributed by atoms with Gasteiger partial charge >= 0.3 is 0 Å². The number of anilines is 1. The van der Waals surface area contributed by atoms with Crippen molar-refractivity contribution in [1.29, 1.82) is 0 Å². The number of carbonyl (C=O) groups is 1. The monoisotopic (exact) mass is 431 g/mol. The predicted octanol–water partition coefficient (Wildman–Crippen LogP) is 3.77. The Morgan fingerprint density at radius 1 is 1.38 bits per heavy atom. The standard InChI is InChI=1S/C14H11ClIN3OS/c1-8-6-9(16)7-17-12(8)18-14(21)19-13(20)10-4-2-3-5-11(10)15/h2-7H,1H3,(H2,17,18,19,20,21). The Morgan fingerprint density at radius 2 is 2.10 bits per heavy atom. The van der Waals surface area contributed by atoms with Crippen molar-refractivity contribution in [3.63, 3.8) is 0 Å². The summed E-state index contributed by atoms with van der Waals surface area (Å²) in [6.07, 6.45) is 1.72. The van der Waals surface area contributed by atoms with Crippen LogP contribution in [0.4, 0.5) is 5.82 Å². The molecule has 4 nitrogen and oxygen atoms in total. The van der Waals surface area contributed by atoms with Crippen LogP contribution in [-0.4, -0.2) is 16.0 Å². The number of hydrogen-bond donors (Lipinski definition) is 2. The van der Waals surface area contributed by atoms with Gasteiger partial charge in [-0.15, -0.1) is 0 Å². The average molecular weight is 432 g/mol. The number of halogens is 2. The maximum Gasteiger partial charge on any atom is 0.258 e. The molecule has 0 atom stereocenters. The van der Waals surface area contributed by atoms with Crippen molar-refractivity contribution in [2.75, 3.05) is 5.32 Å². The molecule has 0 fully saturated rings. The summed E-state index contributed by atoms with van der Waals surface area (Å²) in [5, 5.41) is 6.04. The molecule has 1 heterocycles. The molecule has 0 aliphatic heterocycles. The second-order valence-corrected chi connectivity index (χ2v) is 6.27. The molecule has 1 aromatic carbocycles. The largest absolute Gasteiger partial charge is 0.317 e. The molecule has 0 saturated carbocycles. The zero-order chi connectivity index (χ0) is 15.4. The number of nitrogens with zero attached hydrogens (tertiary/aromatic N) is 1. The summed E-state index contributed by atoms with van der Waals surface area (Å²) in [6.45, 7) is 1.91. The van der Waals surface area contributed by atoms with Crippen LogP contribution in [-0.2, 0) is 0 Å². The number of nitrogens with one attached hydrogen (secondary N) is 2. The molecular formula is C14H11ClIN3OS. The number of aromatic nitrogens is 1. The molecule has 1 amide bonds. The van der Waals surface area contributed by atoms with E-state index in [2.05, 4.69) is 38.2 Å². The molecular weight excluding hydrogens is 421 g/mol. The van der Waals surface area contributed by atoms with Crippen LogP contribution < -0.4 is 10.6 Å². The number of carbonyl (C=O) groups excluding carboxylic acids is 1. The quantitative estimate of drug-likeness (QED) is 0.561. The van der Waals surface area contributed by atoms with Crippen molar-refractivity contribution in [1.82, 2.24) is 10.3 Å². The summed E-state index contributed by atoms with van der Waals surface area (Å²) < 4.78 is 1.03. The first-order valence-electron chi connectivity index (χ1n) is 5.96. The van der Waals surface area contributed by atoms with Gasteiger partial charge in [-0.3, -0.25) is 10.1 Å². The maximum atomic E-state index is 12.1. The lowest BCUT2D eigenvalue weighted by molar-refractivity contribution is 0.0978. The van der Waals surface area contributed by atoms with Gasteiger partial charge in [0.1, 0.15) is 5.82 Å². The predicted molar refractivity (Wildman–Crippen MR) is 96.8 cm³/mol. The molecule has 0 aliphatic rings. The Labute approximate surface area is 146 Å². The van der Waals surface area contributed by atoms with Crippen LogP contribution in [0.2, 0.25) is 5.02 Å².